The summed E-state index contributed by atoms with van der Waals surface area (Å²) in [6.07, 6.45) is 35.9. The Morgan fingerprint density at radius 1 is 0.405 bits per heavy atom. The van der Waals surface area contributed by atoms with Crippen LogP contribution in [0.5, 0.6) is 11.5 Å². The Bertz CT molecular complexity index is 875. The second-order valence-corrected chi connectivity index (χ2v) is 13.2. The van der Waals surface area contributed by atoms with Crippen LogP contribution in [0.25, 0.3) is 0 Å². The molecule has 0 aromatic heterocycles. The fraction of sp³-hybridized carbons (Fsp3) is 0.700. The molecule has 2 aromatic carbocycles. The van der Waals surface area contributed by atoms with E-state index in [1.165, 1.54) is 165 Å². The quantitative estimate of drug-likeness (QED) is 0.0961. The van der Waals surface area contributed by atoms with Crippen molar-refractivity contribution in [3.05, 3.63) is 47.5 Å². The molecule has 2 aromatic rings. The highest BCUT2D eigenvalue weighted by Crippen LogP contribution is 2.43. The van der Waals surface area contributed by atoms with Crippen molar-refractivity contribution in [3.8, 4) is 11.5 Å². The number of ether oxygens (including phenoxy) is 1. The van der Waals surface area contributed by atoms with Crippen molar-refractivity contribution in [1.82, 2.24) is 0 Å². The van der Waals surface area contributed by atoms with E-state index in [1.54, 1.807) is 0 Å². The van der Waals surface area contributed by atoms with Crippen LogP contribution in [0.3, 0.4) is 0 Å². The highest BCUT2D eigenvalue weighted by Gasteiger charge is 2.17. The molecule has 0 radical (unpaired) electrons. The minimum absolute atomic E-state index is 0.987. The molecule has 0 atom stereocenters. The summed E-state index contributed by atoms with van der Waals surface area (Å²) in [7, 11) is 0. The minimum Gasteiger partial charge on any atom is -0.453 e. The molecule has 0 bridgehead atoms. The molecule has 236 valence electrons. The molecule has 0 aliphatic carbocycles. The lowest BCUT2D eigenvalue weighted by Crippen LogP contribution is -2.04. The van der Waals surface area contributed by atoms with Crippen molar-refractivity contribution in [2.45, 2.75) is 181 Å². The predicted molar refractivity (Wildman–Crippen MR) is 186 cm³/mol. The molecule has 1 aliphatic rings. The first-order chi connectivity index (χ1) is 20.8. The van der Waals surface area contributed by atoms with Crippen LogP contribution in [-0.4, -0.2) is 0 Å². The Hall–Kier alpha value is -1.96. The van der Waals surface area contributed by atoms with Gasteiger partial charge in [-0.3, -0.25) is 0 Å². The zero-order valence-corrected chi connectivity index (χ0v) is 27.8. The van der Waals surface area contributed by atoms with E-state index in [9.17, 15) is 0 Å². The van der Waals surface area contributed by atoms with E-state index in [1.807, 2.05) is 0 Å². The molecule has 3 rings (SSSR count). The Kier molecular flexibility index (Phi) is 18.5. The first-order valence-corrected chi connectivity index (χ1v) is 18.5. The third kappa shape index (κ3) is 14.5. The van der Waals surface area contributed by atoms with E-state index in [4.69, 9.17) is 4.74 Å². The van der Waals surface area contributed by atoms with Gasteiger partial charge in [0.2, 0.25) is 0 Å². The molecular weight excluding hydrogens is 510 g/mol. The van der Waals surface area contributed by atoms with E-state index in [0.717, 1.165) is 35.7 Å². The average Bonchev–Trinajstić information content (AvgIpc) is 3.01. The number of aryl methyl sites for hydroxylation is 2. The first-order valence-electron chi connectivity index (χ1n) is 18.5. The lowest BCUT2D eigenvalue weighted by atomic mass is 10.0. The molecule has 0 saturated carbocycles. The van der Waals surface area contributed by atoms with Gasteiger partial charge in [0.25, 0.3) is 0 Å². The molecule has 2 nitrogen and oxygen atoms in total. The molecule has 42 heavy (non-hydrogen) atoms. The van der Waals surface area contributed by atoms with Gasteiger partial charge in [-0.1, -0.05) is 167 Å². The summed E-state index contributed by atoms with van der Waals surface area (Å²) in [4.78, 5) is 0. The molecule has 1 heterocycles. The number of hydrogen-bond donors (Lipinski definition) is 1. The largest absolute Gasteiger partial charge is 0.453 e. The highest BCUT2D eigenvalue weighted by molar-refractivity contribution is 5.76. The normalized spacial score (nSPS) is 12.0. The molecule has 0 spiro atoms. The standard InChI is InChI=1S/C40H65NO/c1-3-5-7-9-11-13-15-17-19-21-23-25-27-35-29-31-37-39(33-35)42-40-34-36(30-32-38(40)41-37)28-26-24-22-20-18-16-14-12-10-8-6-4-2/h29-34,41H,3-28H2,1-2H3. The molecular formula is C40H65NO. The lowest BCUT2D eigenvalue weighted by Gasteiger charge is -2.23. The number of hydrogen-bond acceptors (Lipinski definition) is 2. The minimum atomic E-state index is 0.987. The smallest absolute Gasteiger partial charge is 0.151 e. The molecule has 0 saturated heterocycles. The number of benzene rings is 2. The van der Waals surface area contributed by atoms with Crippen LogP contribution in [-0.2, 0) is 12.8 Å². The van der Waals surface area contributed by atoms with Crippen LogP contribution in [0, 0.1) is 0 Å². The number of unbranched alkanes of at least 4 members (excludes halogenated alkanes) is 22. The van der Waals surface area contributed by atoms with Gasteiger partial charge in [-0.15, -0.1) is 0 Å². The van der Waals surface area contributed by atoms with E-state index in [0.29, 0.717) is 0 Å². The second-order valence-electron chi connectivity index (χ2n) is 13.2. The zero-order valence-electron chi connectivity index (χ0n) is 27.8. The lowest BCUT2D eigenvalue weighted by molar-refractivity contribution is 0.479. The Labute approximate surface area is 260 Å². The van der Waals surface area contributed by atoms with Crippen LogP contribution < -0.4 is 10.1 Å². The Morgan fingerprint density at radius 3 is 1.05 bits per heavy atom. The summed E-state index contributed by atoms with van der Waals surface area (Å²) in [5.74, 6) is 1.97. The van der Waals surface area contributed by atoms with Crippen molar-refractivity contribution >= 4 is 11.4 Å². The Balaban J connectivity index is 1.25. The van der Waals surface area contributed by atoms with E-state index < -0.39 is 0 Å². The maximum absolute atomic E-state index is 6.42. The SMILES string of the molecule is CCCCCCCCCCCCCCc1ccc2c(c1)Oc1cc(CCCCCCCCCCCCCC)ccc1N2. The topological polar surface area (TPSA) is 21.3 Å². The van der Waals surface area contributed by atoms with Crippen molar-refractivity contribution in [2.75, 3.05) is 5.32 Å². The van der Waals surface area contributed by atoms with Gasteiger partial charge in [-0.2, -0.15) is 0 Å². The summed E-state index contributed by atoms with van der Waals surface area (Å²) in [6, 6.07) is 13.5. The van der Waals surface area contributed by atoms with Gasteiger partial charge in [-0.05, 0) is 61.1 Å². The first kappa shape index (κ1) is 34.5. The maximum atomic E-state index is 6.42. The number of fused-ring (bicyclic) bond motifs is 2. The molecule has 0 fully saturated rings. The third-order valence-electron chi connectivity index (χ3n) is 9.22. The summed E-state index contributed by atoms with van der Waals surface area (Å²) in [5.41, 5.74) is 4.99. The van der Waals surface area contributed by atoms with Crippen molar-refractivity contribution in [2.24, 2.45) is 0 Å². The summed E-state index contributed by atoms with van der Waals surface area (Å²) in [5, 5.41) is 3.60. The fourth-order valence-electron chi connectivity index (χ4n) is 6.42. The zero-order chi connectivity index (χ0) is 29.5. The van der Waals surface area contributed by atoms with Crippen molar-refractivity contribution in [1.29, 1.82) is 0 Å². The molecule has 1 aliphatic heterocycles. The molecule has 1 N–H and O–H groups in total. The van der Waals surface area contributed by atoms with Crippen molar-refractivity contribution in [3.63, 3.8) is 0 Å². The third-order valence-corrected chi connectivity index (χ3v) is 9.22. The molecule has 2 heteroatoms. The van der Waals surface area contributed by atoms with Crippen LogP contribution in [0.1, 0.15) is 179 Å². The van der Waals surface area contributed by atoms with Gasteiger partial charge in [0.1, 0.15) is 0 Å². The van der Waals surface area contributed by atoms with E-state index in [2.05, 4.69) is 55.6 Å². The number of nitrogens with one attached hydrogen (secondary N) is 1. The summed E-state index contributed by atoms with van der Waals surface area (Å²) in [6.45, 7) is 4.59. The van der Waals surface area contributed by atoms with E-state index >= 15 is 0 Å². The number of anilines is 2. The highest BCUT2D eigenvalue weighted by atomic mass is 16.5. The van der Waals surface area contributed by atoms with Gasteiger partial charge < -0.3 is 10.1 Å². The predicted octanol–water partition coefficient (Wildman–Crippen LogP) is 14.0. The van der Waals surface area contributed by atoms with Gasteiger partial charge in [0.15, 0.2) is 11.5 Å². The average molecular weight is 576 g/mol. The van der Waals surface area contributed by atoms with Gasteiger partial charge in [-0.25, -0.2) is 0 Å². The van der Waals surface area contributed by atoms with Gasteiger partial charge >= 0.3 is 0 Å². The molecule has 0 amide bonds. The maximum Gasteiger partial charge on any atom is 0.151 e. The van der Waals surface area contributed by atoms with Crippen molar-refractivity contribution < 1.29 is 4.74 Å². The van der Waals surface area contributed by atoms with Crippen LogP contribution in [0.2, 0.25) is 0 Å². The molecule has 0 unspecified atom stereocenters. The fourth-order valence-corrected chi connectivity index (χ4v) is 6.42. The summed E-state index contributed by atoms with van der Waals surface area (Å²) >= 11 is 0. The number of rotatable bonds is 26. The van der Waals surface area contributed by atoms with Gasteiger partial charge in [0, 0.05) is 0 Å². The van der Waals surface area contributed by atoms with Crippen LogP contribution in [0.4, 0.5) is 11.4 Å². The Morgan fingerprint density at radius 2 is 0.714 bits per heavy atom. The second kappa shape index (κ2) is 22.6. The summed E-state index contributed by atoms with van der Waals surface area (Å²) < 4.78 is 6.42. The monoisotopic (exact) mass is 576 g/mol. The van der Waals surface area contributed by atoms with E-state index in [-0.39, 0.29) is 0 Å². The van der Waals surface area contributed by atoms with Crippen LogP contribution >= 0.6 is 0 Å². The van der Waals surface area contributed by atoms with Crippen LogP contribution in [0.15, 0.2) is 36.4 Å². The van der Waals surface area contributed by atoms with Gasteiger partial charge in [0.05, 0.1) is 11.4 Å².